The molecule has 0 radical (unpaired) electrons. The Kier molecular flexibility index (Phi) is 4.95. The molecule has 7 heteroatoms. The van der Waals surface area contributed by atoms with Crippen LogP contribution < -0.4 is 10.9 Å². The average molecular weight is 410 g/mol. The molecule has 1 N–H and O–H groups in total. The minimum atomic E-state index is -0.403. The molecule has 7 nitrogen and oxygen atoms in total. The first kappa shape index (κ1) is 19.5. The zero-order valence-corrected chi connectivity index (χ0v) is 17.5. The minimum Gasteiger partial charge on any atom is -0.422 e. The van der Waals surface area contributed by atoms with Crippen LogP contribution in [0.3, 0.4) is 0 Å². The van der Waals surface area contributed by atoms with E-state index in [9.17, 15) is 9.59 Å². The number of nitrogens with zero attached hydrogens (tertiary/aromatic N) is 3. The fraction of sp³-hybridized carbons (Fsp3) is 0.522. The lowest BCUT2D eigenvalue weighted by Gasteiger charge is -2.46. The summed E-state index contributed by atoms with van der Waals surface area (Å²) in [5, 5.41) is 9.16. The van der Waals surface area contributed by atoms with E-state index in [1.54, 1.807) is 10.9 Å². The summed E-state index contributed by atoms with van der Waals surface area (Å²) in [6, 6.07) is 6.12. The molecule has 0 saturated carbocycles. The Bertz CT molecular complexity index is 1150. The van der Waals surface area contributed by atoms with Crippen LogP contribution in [0.2, 0.25) is 0 Å². The van der Waals surface area contributed by atoms with Gasteiger partial charge in [0.1, 0.15) is 11.0 Å². The zero-order valence-electron chi connectivity index (χ0n) is 17.5. The molecule has 2 fully saturated rings. The normalized spacial score (nSPS) is 20.0. The number of carbonyl (C=O) groups is 1. The molecule has 2 saturated heterocycles. The number of amides is 1. The van der Waals surface area contributed by atoms with Crippen LogP contribution in [0.5, 0.6) is 0 Å². The van der Waals surface area contributed by atoms with E-state index in [0.29, 0.717) is 27.0 Å². The van der Waals surface area contributed by atoms with E-state index in [1.807, 2.05) is 25.1 Å². The van der Waals surface area contributed by atoms with E-state index >= 15 is 0 Å². The Labute approximate surface area is 175 Å². The largest absolute Gasteiger partial charge is 0.422 e. The van der Waals surface area contributed by atoms with Crippen LogP contribution in [0.25, 0.3) is 21.9 Å². The number of fused-ring (bicyclic) bond motifs is 3. The van der Waals surface area contributed by atoms with Crippen molar-refractivity contribution in [1.29, 1.82) is 0 Å². The molecule has 2 aliphatic heterocycles. The first-order valence-electron chi connectivity index (χ1n) is 11.1. The Hall–Kier alpha value is -2.51. The molecular formula is C23H29N4O3+. The Morgan fingerprint density at radius 1 is 1.20 bits per heavy atom. The molecule has 30 heavy (non-hydrogen) atoms. The maximum Gasteiger partial charge on any atom is 0.347 e. The van der Waals surface area contributed by atoms with Crippen LogP contribution in [-0.4, -0.2) is 52.4 Å². The Morgan fingerprint density at radius 2 is 1.97 bits per heavy atom. The molecule has 0 bridgehead atoms. The fourth-order valence-corrected chi connectivity index (χ4v) is 5.48. The first-order chi connectivity index (χ1) is 14.6. The smallest absolute Gasteiger partial charge is 0.347 e. The van der Waals surface area contributed by atoms with Crippen LogP contribution >= 0.6 is 0 Å². The third kappa shape index (κ3) is 3.17. The van der Waals surface area contributed by atoms with Crippen molar-refractivity contribution in [3.63, 3.8) is 0 Å². The second kappa shape index (κ2) is 7.63. The Balaban J connectivity index is 1.57. The molecule has 0 aliphatic carbocycles. The van der Waals surface area contributed by atoms with Gasteiger partial charge in [-0.1, -0.05) is 11.6 Å². The van der Waals surface area contributed by atoms with Gasteiger partial charge in [0.15, 0.2) is 6.54 Å². The summed E-state index contributed by atoms with van der Waals surface area (Å²) < 4.78 is 7.77. The van der Waals surface area contributed by atoms with Crippen molar-refractivity contribution in [3.8, 4) is 0 Å². The van der Waals surface area contributed by atoms with Crippen molar-refractivity contribution >= 4 is 27.8 Å². The number of piperidine rings is 2. The quantitative estimate of drug-likeness (QED) is 0.532. The molecule has 0 atom stereocenters. The molecule has 1 amide bonds. The summed E-state index contributed by atoms with van der Waals surface area (Å²) in [7, 11) is 0. The van der Waals surface area contributed by atoms with E-state index in [-0.39, 0.29) is 12.5 Å². The second-order valence-electron chi connectivity index (χ2n) is 8.87. The van der Waals surface area contributed by atoms with Gasteiger partial charge in [-0.2, -0.15) is 5.10 Å². The van der Waals surface area contributed by atoms with Crippen molar-refractivity contribution in [2.24, 2.45) is 0 Å². The van der Waals surface area contributed by atoms with Gasteiger partial charge in [-0.15, -0.1) is 0 Å². The third-order valence-electron chi connectivity index (χ3n) is 7.06. The SMILES string of the molecule is Cc1ccc2oc(=O)c3cnn(CC(=O)[N+]4(C5CCNCC5)CCCCC4)c3c2c1. The van der Waals surface area contributed by atoms with Gasteiger partial charge in [0, 0.05) is 31.3 Å². The number of quaternary nitrogens is 1. The number of hydrogen-bond donors (Lipinski definition) is 1. The average Bonchev–Trinajstić information content (AvgIpc) is 3.20. The molecule has 0 unspecified atom stereocenters. The highest BCUT2D eigenvalue weighted by atomic mass is 16.4. The number of aromatic nitrogens is 2. The number of benzene rings is 1. The van der Waals surface area contributed by atoms with Crippen molar-refractivity contribution in [2.75, 3.05) is 26.2 Å². The van der Waals surface area contributed by atoms with Gasteiger partial charge < -0.3 is 9.73 Å². The summed E-state index contributed by atoms with van der Waals surface area (Å²) in [5.74, 6) is 0.223. The summed E-state index contributed by atoms with van der Waals surface area (Å²) in [4.78, 5) is 26.3. The number of nitrogens with one attached hydrogen (secondary N) is 1. The molecule has 4 heterocycles. The maximum atomic E-state index is 13.8. The summed E-state index contributed by atoms with van der Waals surface area (Å²) >= 11 is 0. The lowest BCUT2D eigenvalue weighted by Crippen LogP contribution is -2.64. The summed E-state index contributed by atoms with van der Waals surface area (Å²) in [6.07, 6.45) is 7.02. The van der Waals surface area contributed by atoms with Gasteiger partial charge in [-0.25, -0.2) is 9.59 Å². The van der Waals surface area contributed by atoms with Crippen LogP contribution in [-0.2, 0) is 11.3 Å². The standard InChI is InChI=1S/C23H29N4O3/c1-16-5-6-20-18(13-16)22-19(23(29)30-20)14-25-26(22)15-21(28)27(11-3-2-4-12-27)17-7-9-24-10-8-17/h5-6,13-14,17,24H,2-4,7-12,15H2,1H3/q+1. The molecule has 0 spiro atoms. The van der Waals surface area contributed by atoms with Gasteiger partial charge in [-0.3, -0.25) is 9.16 Å². The van der Waals surface area contributed by atoms with E-state index < -0.39 is 5.63 Å². The lowest BCUT2D eigenvalue weighted by molar-refractivity contribution is -0.886. The van der Waals surface area contributed by atoms with E-state index in [4.69, 9.17) is 4.42 Å². The van der Waals surface area contributed by atoms with Gasteiger partial charge in [-0.05, 0) is 38.3 Å². The third-order valence-corrected chi connectivity index (χ3v) is 7.06. The molecule has 1 aromatic carbocycles. The molecule has 2 aromatic heterocycles. The molecule has 3 aromatic rings. The number of rotatable bonds is 3. The van der Waals surface area contributed by atoms with Crippen molar-refractivity contribution in [1.82, 2.24) is 15.1 Å². The predicted octanol–water partition coefficient (Wildman–Crippen LogP) is 2.73. The van der Waals surface area contributed by atoms with E-state index in [2.05, 4.69) is 10.4 Å². The second-order valence-corrected chi connectivity index (χ2v) is 8.87. The molecule has 158 valence electrons. The molecular weight excluding hydrogens is 380 g/mol. The van der Waals surface area contributed by atoms with E-state index in [1.165, 1.54) is 6.42 Å². The summed E-state index contributed by atoms with van der Waals surface area (Å²) in [5.41, 5.74) is 1.91. The number of carbonyl (C=O) groups excluding carboxylic acids is 1. The summed E-state index contributed by atoms with van der Waals surface area (Å²) in [6.45, 7) is 6.00. The number of aryl methyl sites for hydroxylation is 1. The predicted molar refractivity (Wildman–Crippen MR) is 115 cm³/mol. The van der Waals surface area contributed by atoms with Crippen molar-refractivity contribution < 1.29 is 13.7 Å². The van der Waals surface area contributed by atoms with Crippen LogP contribution in [0.4, 0.5) is 0 Å². The first-order valence-corrected chi connectivity index (χ1v) is 11.1. The van der Waals surface area contributed by atoms with Crippen LogP contribution in [0, 0.1) is 6.92 Å². The molecule has 5 rings (SSSR count). The van der Waals surface area contributed by atoms with Crippen molar-refractivity contribution in [3.05, 3.63) is 40.4 Å². The highest BCUT2D eigenvalue weighted by Gasteiger charge is 2.45. The van der Waals surface area contributed by atoms with Gasteiger partial charge in [0.2, 0.25) is 0 Å². The zero-order chi connectivity index (χ0) is 20.7. The van der Waals surface area contributed by atoms with E-state index in [0.717, 1.165) is 62.8 Å². The lowest BCUT2D eigenvalue weighted by atomic mass is 9.96. The van der Waals surface area contributed by atoms with Crippen LogP contribution in [0.1, 0.15) is 37.7 Å². The monoisotopic (exact) mass is 409 g/mol. The fourth-order valence-electron chi connectivity index (χ4n) is 5.48. The topological polar surface area (TPSA) is 77.1 Å². The highest BCUT2D eigenvalue weighted by Crippen LogP contribution is 2.30. The van der Waals surface area contributed by atoms with Crippen molar-refractivity contribution in [2.45, 2.75) is 51.6 Å². The minimum absolute atomic E-state index is 0.194. The molecule has 2 aliphatic rings. The number of likely N-dealkylation sites (tertiary alicyclic amines) is 1. The highest BCUT2D eigenvalue weighted by molar-refractivity contribution is 6.02. The van der Waals surface area contributed by atoms with Gasteiger partial charge >= 0.3 is 11.5 Å². The Morgan fingerprint density at radius 3 is 2.73 bits per heavy atom. The van der Waals surface area contributed by atoms with Crippen LogP contribution in [0.15, 0.2) is 33.6 Å². The number of hydrogen-bond acceptors (Lipinski definition) is 5. The van der Waals surface area contributed by atoms with Gasteiger partial charge in [0.05, 0.1) is 30.8 Å². The van der Waals surface area contributed by atoms with Gasteiger partial charge in [0.25, 0.3) is 0 Å². The maximum absolute atomic E-state index is 13.8.